The third kappa shape index (κ3) is 3.93. The number of hydrogen-bond donors (Lipinski definition) is 2. The minimum Gasteiger partial charge on any atom is -0.400 e. The van der Waals surface area contributed by atoms with E-state index < -0.39 is 11.7 Å². The topological polar surface area (TPSA) is 47.9 Å². The summed E-state index contributed by atoms with van der Waals surface area (Å²) in [6, 6.07) is 3.87. The SMILES string of the molecule is CO.[B]Cc1ccc([NH3+])cc1C(F)(F)F. The van der Waals surface area contributed by atoms with Gasteiger partial charge in [-0.1, -0.05) is 12.4 Å². The summed E-state index contributed by atoms with van der Waals surface area (Å²) in [5.74, 6) is 0. The van der Waals surface area contributed by atoms with Gasteiger partial charge < -0.3 is 10.8 Å². The van der Waals surface area contributed by atoms with Crippen LogP contribution in [0.4, 0.5) is 18.9 Å². The highest BCUT2D eigenvalue weighted by Gasteiger charge is 2.33. The second kappa shape index (κ2) is 5.77. The Morgan fingerprint density at radius 3 is 2.27 bits per heavy atom. The van der Waals surface area contributed by atoms with E-state index in [0.717, 1.165) is 13.2 Å². The Balaban J connectivity index is 0.000000921. The van der Waals surface area contributed by atoms with Gasteiger partial charge >= 0.3 is 6.18 Å². The van der Waals surface area contributed by atoms with E-state index in [-0.39, 0.29) is 11.9 Å². The van der Waals surface area contributed by atoms with Crippen LogP contribution in [0.15, 0.2) is 18.2 Å². The summed E-state index contributed by atoms with van der Waals surface area (Å²) in [6.45, 7) is 0. The Kier molecular flexibility index (Phi) is 5.39. The van der Waals surface area contributed by atoms with E-state index >= 15 is 0 Å². The molecule has 0 unspecified atom stereocenters. The Morgan fingerprint density at radius 2 is 1.87 bits per heavy atom. The summed E-state index contributed by atoms with van der Waals surface area (Å²) in [6.07, 6.45) is -4.46. The molecule has 0 aliphatic heterocycles. The van der Waals surface area contributed by atoms with Gasteiger partial charge in [0.2, 0.25) is 0 Å². The van der Waals surface area contributed by atoms with Crippen molar-refractivity contribution >= 4 is 13.5 Å². The van der Waals surface area contributed by atoms with Gasteiger partial charge in [0.05, 0.1) is 13.4 Å². The minimum atomic E-state index is -4.34. The number of aliphatic hydroxyl groups is 1. The van der Waals surface area contributed by atoms with Crippen molar-refractivity contribution in [3.63, 3.8) is 0 Å². The molecule has 0 bridgehead atoms. The van der Waals surface area contributed by atoms with Gasteiger partial charge in [-0.05, 0) is 11.6 Å². The van der Waals surface area contributed by atoms with Crippen LogP contribution in [0.5, 0.6) is 0 Å². The number of benzene rings is 1. The zero-order chi connectivity index (χ0) is 12.1. The van der Waals surface area contributed by atoms with Crippen molar-refractivity contribution in [2.24, 2.45) is 0 Å². The molecule has 0 spiro atoms. The van der Waals surface area contributed by atoms with E-state index in [4.69, 9.17) is 13.0 Å². The van der Waals surface area contributed by atoms with Crippen LogP contribution in [0, 0.1) is 0 Å². The van der Waals surface area contributed by atoms with Crippen molar-refractivity contribution in [1.29, 1.82) is 0 Å². The lowest BCUT2D eigenvalue weighted by Gasteiger charge is -2.10. The van der Waals surface area contributed by atoms with Crippen molar-refractivity contribution < 1.29 is 24.0 Å². The summed E-state index contributed by atoms with van der Waals surface area (Å²) in [4.78, 5) is 0. The van der Waals surface area contributed by atoms with Gasteiger partial charge in [-0.3, -0.25) is 0 Å². The Hall–Kier alpha value is -1.01. The Labute approximate surface area is 87.3 Å². The molecular weight excluding hydrogens is 206 g/mol. The van der Waals surface area contributed by atoms with E-state index in [1.807, 2.05) is 0 Å². The number of quaternary nitrogens is 1. The fourth-order valence-electron chi connectivity index (χ4n) is 1.07. The molecule has 1 rings (SSSR count). The molecule has 0 saturated heterocycles. The minimum absolute atomic E-state index is 0.0971. The predicted octanol–water partition coefficient (Wildman–Crippen LogP) is 0.856. The molecule has 6 heteroatoms. The number of aliphatic hydroxyl groups excluding tert-OH is 1. The summed E-state index contributed by atoms with van der Waals surface area (Å²) < 4.78 is 37.0. The molecule has 0 heterocycles. The van der Waals surface area contributed by atoms with E-state index in [1.165, 1.54) is 12.1 Å². The lowest BCUT2D eigenvalue weighted by atomic mass is 9.92. The average molecular weight is 218 g/mol. The first kappa shape index (κ1) is 14.0. The number of rotatable bonds is 1. The highest BCUT2D eigenvalue weighted by Crippen LogP contribution is 2.32. The van der Waals surface area contributed by atoms with Crippen molar-refractivity contribution in [3.8, 4) is 0 Å². The lowest BCUT2D eigenvalue weighted by Crippen LogP contribution is -2.40. The van der Waals surface area contributed by atoms with Gasteiger partial charge in [0, 0.05) is 13.2 Å². The van der Waals surface area contributed by atoms with Gasteiger partial charge in [-0.15, -0.1) is 0 Å². The summed E-state index contributed by atoms with van der Waals surface area (Å²) >= 11 is 0. The van der Waals surface area contributed by atoms with E-state index in [9.17, 15) is 13.2 Å². The summed E-state index contributed by atoms with van der Waals surface area (Å²) in [5, 5.41) is 7.00. The smallest absolute Gasteiger partial charge is 0.400 e. The lowest BCUT2D eigenvalue weighted by molar-refractivity contribution is -0.255. The molecular formula is C9H12BF3NO+. The number of alkyl halides is 3. The summed E-state index contributed by atoms with van der Waals surface area (Å²) in [5.41, 5.74) is 3.17. The van der Waals surface area contributed by atoms with E-state index in [2.05, 4.69) is 5.73 Å². The third-order valence-corrected chi connectivity index (χ3v) is 1.70. The van der Waals surface area contributed by atoms with Gasteiger partial charge in [-0.25, -0.2) is 0 Å². The van der Waals surface area contributed by atoms with E-state index in [1.54, 1.807) is 0 Å². The van der Waals surface area contributed by atoms with Gasteiger partial charge in [0.25, 0.3) is 0 Å². The van der Waals surface area contributed by atoms with Crippen LogP contribution in [0.2, 0.25) is 0 Å². The Bertz CT molecular complexity index is 315. The molecule has 2 radical (unpaired) electrons. The second-order valence-corrected chi connectivity index (χ2v) is 2.69. The van der Waals surface area contributed by atoms with E-state index in [0.29, 0.717) is 5.69 Å². The molecule has 0 atom stereocenters. The van der Waals surface area contributed by atoms with Crippen LogP contribution >= 0.6 is 0 Å². The fraction of sp³-hybridized carbons (Fsp3) is 0.333. The van der Waals surface area contributed by atoms with Gasteiger partial charge in [-0.2, -0.15) is 13.2 Å². The molecule has 82 valence electrons. The molecule has 0 aromatic heterocycles. The third-order valence-electron chi connectivity index (χ3n) is 1.70. The molecule has 1 aromatic rings. The first-order valence-corrected chi connectivity index (χ1v) is 4.12. The second-order valence-electron chi connectivity index (χ2n) is 2.69. The molecule has 0 fully saturated rings. The monoisotopic (exact) mass is 218 g/mol. The normalized spacial score (nSPS) is 10.5. The van der Waals surface area contributed by atoms with Crippen molar-refractivity contribution in [2.75, 3.05) is 7.11 Å². The average Bonchev–Trinajstić information content (AvgIpc) is 2.19. The number of halogens is 3. The quantitative estimate of drug-likeness (QED) is 0.674. The molecule has 0 saturated carbocycles. The predicted molar refractivity (Wildman–Crippen MR) is 51.6 cm³/mol. The molecule has 15 heavy (non-hydrogen) atoms. The molecule has 4 N–H and O–H groups in total. The standard InChI is InChI=1S/C8H7BF3N.CH4O/c9-4-5-1-2-6(13)3-7(5)8(10,11)12;1-2/h1-3H,4,13H2;2H,1H3/p+1. The first-order valence-electron chi connectivity index (χ1n) is 4.12. The molecule has 1 aromatic carbocycles. The van der Waals surface area contributed by atoms with Crippen molar-refractivity contribution in [3.05, 3.63) is 29.3 Å². The maximum absolute atomic E-state index is 12.3. The van der Waals surface area contributed by atoms with Crippen LogP contribution < -0.4 is 5.73 Å². The number of hydrogen-bond acceptors (Lipinski definition) is 1. The molecule has 0 aliphatic rings. The summed E-state index contributed by atoms with van der Waals surface area (Å²) in [7, 11) is 6.18. The molecule has 2 nitrogen and oxygen atoms in total. The highest BCUT2D eigenvalue weighted by atomic mass is 19.4. The first-order chi connectivity index (χ1) is 6.95. The van der Waals surface area contributed by atoms with Crippen LogP contribution in [0.3, 0.4) is 0 Å². The zero-order valence-electron chi connectivity index (χ0n) is 8.30. The van der Waals surface area contributed by atoms with Gasteiger partial charge in [0.1, 0.15) is 5.69 Å². The zero-order valence-corrected chi connectivity index (χ0v) is 8.30. The van der Waals surface area contributed by atoms with Crippen LogP contribution in [-0.4, -0.2) is 20.1 Å². The van der Waals surface area contributed by atoms with Crippen LogP contribution in [0.25, 0.3) is 0 Å². The fourth-order valence-corrected chi connectivity index (χ4v) is 1.07. The maximum atomic E-state index is 12.3. The highest BCUT2D eigenvalue weighted by molar-refractivity contribution is 6.08. The molecule has 0 aliphatic carbocycles. The largest absolute Gasteiger partial charge is 0.416 e. The van der Waals surface area contributed by atoms with Crippen LogP contribution in [-0.2, 0) is 12.5 Å². The maximum Gasteiger partial charge on any atom is 0.416 e. The Morgan fingerprint density at radius 1 is 1.33 bits per heavy atom. The van der Waals surface area contributed by atoms with Crippen LogP contribution in [0.1, 0.15) is 11.1 Å². The van der Waals surface area contributed by atoms with Crippen molar-refractivity contribution in [2.45, 2.75) is 12.5 Å². The van der Waals surface area contributed by atoms with Crippen molar-refractivity contribution in [1.82, 2.24) is 0 Å². The van der Waals surface area contributed by atoms with Gasteiger partial charge in [0.15, 0.2) is 0 Å². The molecule has 0 amide bonds.